The molecule has 0 aromatic heterocycles. The predicted molar refractivity (Wildman–Crippen MR) is 178 cm³/mol. The Kier molecular flexibility index (Phi) is 9.95. The Hall–Kier alpha value is -3.43. The molecule has 1 aromatic carbocycles. The third-order valence-corrected chi connectivity index (χ3v) is 11.5. The molecule has 1 aromatic rings. The van der Waals surface area contributed by atoms with E-state index < -0.39 is 35.7 Å². The third-order valence-electron chi connectivity index (χ3n) is 11.5. The van der Waals surface area contributed by atoms with Gasteiger partial charge in [-0.25, -0.2) is 4.79 Å². The highest BCUT2D eigenvalue weighted by Gasteiger charge is 2.52. The molecule has 1 saturated heterocycles. The molecule has 1 aliphatic heterocycles. The van der Waals surface area contributed by atoms with Gasteiger partial charge in [0.15, 0.2) is 0 Å². The van der Waals surface area contributed by atoms with Gasteiger partial charge in [0, 0.05) is 12.1 Å². The summed E-state index contributed by atoms with van der Waals surface area (Å²) in [6.07, 6.45) is 12.8. The van der Waals surface area contributed by atoms with E-state index in [2.05, 4.69) is 41.9 Å². The Balaban J connectivity index is 0.00000124. The van der Waals surface area contributed by atoms with Crippen molar-refractivity contribution in [2.75, 3.05) is 6.54 Å². The fourth-order valence-electron chi connectivity index (χ4n) is 9.73. The van der Waals surface area contributed by atoms with Crippen LogP contribution in [0.1, 0.15) is 102 Å². The van der Waals surface area contributed by atoms with Gasteiger partial charge in [-0.2, -0.15) is 0 Å². The van der Waals surface area contributed by atoms with E-state index >= 15 is 0 Å². The molecule has 5 amide bonds. The van der Waals surface area contributed by atoms with Gasteiger partial charge in [0.05, 0.1) is 6.04 Å². The number of amides is 5. The molecule has 1 heterocycles. The summed E-state index contributed by atoms with van der Waals surface area (Å²) in [5, 5.41) is 9.26. The molecule has 10 heteroatoms. The number of hydrogen-bond donors (Lipinski definition) is 4. The number of rotatable bonds is 10. The van der Waals surface area contributed by atoms with Crippen molar-refractivity contribution in [1.82, 2.24) is 20.9 Å². The first-order chi connectivity index (χ1) is 22.6. The van der Waals surface area contributed by atoms with Gasteiger partial charge in [-0.05, 0) is 111 Å². The van der Waals surface area contributed by atoms with Crippen LogP contribution < -0.4 is 21.7 Å². The van der Waals surface area contributed by atoms with Crippen molar-refractivity contribution < 1.29 is 24.0 Å². The van der Waals surface area contributed by atoms with Crippen LogP contribution in [0.4, 0.5) is 4.79 Å². The third kappa shape index (κ3) is 7.51. The lowest BCUT2D eigenvalue weighted by molar-refractivity contribution is -0.142. The van der Waals surface area contributed by atoms with Crippen LogP contribution in [0, 0.1) is 29.6 Å². The van der Waals surface area contributed by atoms with Crippen molar-refractivity contribution in [1.29, 1.82) is 0 Å². The lowest BCUT2D eigenvalue weighted by Crippen LogP contribution is -2.64. The van der Waals surface area contributed by atoms with E-state index in [4.69, 9.17) is 5.73 Å². The van der Waals surface area contributed by atoms with Crippen LogP contribution in [0.5, 0.6) is 0 Å². The SMILES string of the molecule is CCC.NC(=O)C(=O)C(CC1CC1)NC(=O)[C@@H]1CCCN1C(=O)[C@@H](NC(=O)NC12CC3CC(CC(C3)C1)C2)C1Cc2ccccc2C1. The highest BCUT2D eigenvalue weighted by molar-refractivity contribution is 6.37. The van der Waals surface area contributed by atoms with Crippen molar-refractivity contribution in [3.8, 4) is 0 Å². The van der Waals surface area contributed by atoms with Gasteiger partial charge in [-0.15, -0.1) is 0 Å². The Bertz CT molecular complexity index is 1310. The zero-order valence-corrected chi connectivity index (χ0v) is 28.1. The number of benzene rings is 1. The summed E-state index contributed by atoms with van der Waals surface area (Å²) in [5.74, 6) is -0.382. The zero-order valence-electron chi connectivity index (χ0n) is 28.1. The second-order valence-electron chi connectivity index (χ2n) is 15.6. The molecule has 5 N–H and O–H groups in total. The Labute approximate surface area is 278 Å². The summed E-state index contributed by atoms with van der Waals surface area (Å²) in [6.45, 7) is 4.64. The van der Waals surface area contributed by atoms with Gasteiger partial charge in [0.25, 0.3) is 5.91 Å². The quantitative estimate of drug-likeness (QED) is 0.285. The molecular formula is C37H53N5O5. The van der Waals surface area contributed by atoms with Crippen LogP contribution in [0.2, 0.25) is 0 Å². The number of urea groups is 1. The summed E-state index contributed by atoms with van der Waals surface area (Å²) in [7, 11) is 0. The standard InChI is InChI=1S/C34H45N5O5.C3H8/c35-30(41)29(40)26(13-19-7-8-19)36-31(42)27-6-3-9-39(27)32(43)28(25-14-23-4-1-2-5-24(23)15-25)37-33(44)38-34-16-20-10-21(17-34)12-22(11-20)18-34;1-3-2/h1-2,4-5,19-22,25-28H,3,6-18H2,(H2,35,41)(H,36,42)(H2,37,38,44);3H2,1-2H3/t20?,21?,22?,26?,27-,28-,34?;/m0./s1. The molecule has 1 unspecified atom stereocenters. The normalized spacial score (nSPS) is 30.0. The van der Waals surface area contributed by atoms with Gasteiger partial charge in [0.1, 0.15) is 12.1 Å². The average Bonchev–Trinajstić information content (AvgIpc) is 3.51. The maximum Gasteiger partial charge on any atom is 0.315 e. The molecule has 4 bridgehead atoms. The van der Waals surface area contributed by atoms with E-state index in [-0.39, 0.29) is 29.3 Å². The number of nitrogens with zero attached hydrogens (tertiary/aromatic N) is 1. The van der Waals surface area contributed by atoms with Crippen LogP contribution in [0.3, 0.4) is 0 Å². The molecule has 5 saturated carbocycles. The number of carbonyl (C=O) groups excluding carboxylic acids is 5. The number of hydrogen-bond acceptors (Lipinski definition) is 5. The number of ketones is 1. The van der Waals surface area contributed by atoms with Crippen LogP contribution in [0.25, 0.3) is 0 Å². The Morgan fingerprint density at radius 2 is 1.47 bits per heavy atom. The number of likely N-dealkylation sites (tertiary alicyclic amines) is 1. The second kappa shape index (κ2) is 14.0. The topological polar surface area (TPSA) is 151 Å². The van der Waals surface area contributed by atoms with E-state index in [1.165, 1.54) is 36.8 Å². The summed E-state index contributed by atoms with van der Waals surface area (Å²) < 4.78 is 0. The highest BCUT2D eigenvalue weighted by atomic mass is 16.2. The maximum absolute atomic E-state index is 14.4. The predicted octanol–water partition coefficient (Wildman–Crippen LogP) is 3.78. The van der Waals surface area contributed by atoms with Crippen molar-refractivity contribution in [2.24, 2.45) is 35.3 Å². The minimum atomic E-state index is -1.06. The van der Waals surface area contributed by atoms with Crippen LogP contribution in [-0.2, 0) is 32.0 Å². The van der Waals surface area contributed by atoms with E-state index in [1.54, 1.807) is 4.90 Å². The van der Waals surface area contributed by atoms with Crippen molar-refractivity contribution >= 4 is 29.5 Å². The highest BCUT2D eigenvalue weighted by Crippen LogP contribution is 2.55. The van der Waals surface area contributed by atoms with Crippen molar-refractivity contribution in [2.45, 2.75) is 127 Å². The Morgan fingerprint density at radius 1 is 0.894 bits per heavy atom. The molecule has 0 radical (unpaired) electrons. The smallest absolute Gasteiger partial charge is 0.315 e. The first-order valence-electron chi connectivity index (χ1n) is 18.2. The molecule has 0 spiro atoms. The number of carbonyl (C=O) groups is 5. The fourth-order valence-corrected chi connectivity index (χ4v) is 9.73. The van der Waals surface area contributed by atoms with Gasteiger partial charge in [-0.1, -0.05) is 57.4 Å². The lowest BCUT2D eigenvalue weighted by atomic mass is 9.53. The van der Waals surface area contributed by atoms with Crippen molar-refractivity contribution in [3.05, 3.63) is 35.4 Å². The van der Waals surface area contributed by atoms with E-state index in [0.29, 0.717) is 56.4 Å². The minimum Gasteiger partial charge on any atom is -0.363 e. The van der Waals surface area contributed by atoms with Gasteiger partial charge >= 0.3 is 6.03 Å². The molecule has 8 rings (SSSR count). The maximum atomic E-state index is 14.4. The summed E-state index contributed by atoms with van der Waals surface area (Å²) in [4.78, 5) is 67.5. The number of fused-ring (bicyclic) bond motifs is 1. The molecule has 7 aliphatic rings. The minimum absolute atomic E-state index is 0.134. The van der Waals surface area contributed by atoms with Gasteiger partial charge in [0.2, 0.25) is 17.6 Å². The molecule has 47 heavy (non-hydrogen) atoms. The molecule has 10 nitrogen and oxygen atoms in total. The van der Waals surface area contributed by atoms with E-state index in [1.807, 2.05) is 12.1 Å². The van der Waals surface area contributed by atoms with Gasteiger partial charge < -0.3 is 26.6 Å². The summed E-state index contributed by atoms with van der Waals surface area (Å²) in [6, 6.07) is 5.31. The second-order valence-corrected chi connectivity index (χ2v) is 15.6. The number of nitrogens with two attached hydrogens (primary N) is 1. The molecule has 6 fully saturated rings. The average molecular weight is 648 g/mol. The molecular weight excluding hydrogens is 594 g/mol. The van der Waals surface area contributed by atoms with Crippen LogP contribution in [-0.4, -0.2) is 64.6 Å². The van der Waals surface area contributed by atoms with Crippen molar-refractivity contribution in [3.63, 3.8) is 0 Å². The first kappa shape index (κ1) is 33.5. The molecule has 3 atom stereocenters. The molecule has 6 aliphatic carbocycles. The fraction of sp³-hybridized carbons (Fsp3) is 0.703. The lowest BCUT2D eigenvalue weighted by Gasteiger charge is -2.56. The largest absolute Gasteiger partial charge is 0.363 e. The number of Topliss-reactive ketones (excluding diaryl/α,β-unsaturated/α-hetero) is 1. The first-order valence-corrected chi connectivity index (χ1v) is 18.2. The molecule has 256 valence electrons. The zero-order chi connectivity index (χ0) is 33.3. The van der Waals surface area contributed by atoms with E-state index in [9.17, 15) is 24.0 Å². The summed E-state index contributed by atoms with van der Waals surface area (Å²) in [5.41, 5.74) is 7.46. The monoisotopic (exact) mass is 647 g/mol. The van der Waals surface area contributed by atoms with Crippen LogP contribution >= 0.6 is 0 Å². The van der Waals surface area contributed by atoms with Gasteiger partial charge in [-0.3, -0.25) is 19.2 Å². The number of nitrogens with one attached hydrogen (secondary N) is 3. The van der Waals surface area contributed by atoms with E-state index in [0.717, 1.165) is 32.1 Å². The van der Waals surface area contributed by atoms with Crippen LogP contribution in [0.15, 0.2) is 24.3 Å². The number of primary amides is 1. The summed E-state index contributed by atoms with van der Waals surface area (Å²) >= 11 is 0. The Morgan fingerprint density at radius 3 is 2.00 bits per heavy atom.